The average molecular weight is 408 g/mol. The average Bonchev–Trinajstić information content (AvgIpc) is 3.24. The van der Waals surface area contributed by atoms with E-state index >= 15 is 0 Å². The number of piperazine rings is 1. The van der Waals surface area contributed by atoms with E-state index in [0.717, 1.165) is 51.9 Å². The van der Waals surface area contributed by atoms with Gasteiger partial charge in [-0.25, -0.2) is 8.42 Å². The maximum absolute atomic E-state index is 12.3. The van der Waals surface area contributed by atoms with Crippen molar-refractivity contribution in [1.29, 1.82) is 0 Å². The maximum Gasteiger partial charge on any atom is 0.221 e. The molecule has 6 nitrogen and oxygen atoms in total. The lowest BCUT2D eigenvalue weighted by Gasteiger charge is -2.40. The number of hydrogen-bond acceptors (Lipinski definition) is 5. The topological polar surface area (TPSA) is 69.7 Å². The zero-order valence-electron chi connectivity index (χ0n) is 16.8. The van der Waals surface area contributed by atoms with Gasteiger partial charge in [0.2, 0.25) is 5.91 Å². The van der Waals surface area contributed by atoms with Crippen LogP contribution in [0.15, 0.2) is 30.3 Å². The molecule has 1 amide bonds. The Balaban J connectivity index is 1.44. The molecule has 1 aromatic carbocycles. The zero-order chi connectivity index (χ0) is 20.0. The fraction of sp³-hybridized carbons (Fsp3) is 0.667. The predicted octanol–water partition coefficient (Wildman–Crippen LogP) is 1.84. The fourth-order valence-electron chi connectivity index (χ4n) is 4.29. The molecule has 3 rings (SSSR count). The van der Waals surface area contributed by atoms with Crippen LogP contribution in [0.3, 0.4) is 0 Å². The van der Waals surface area contributed by atoms with Gasteiger partial charge in [-0.1, -0.05) is 43.2 Å². The Labute approximate surface area is 169 Å². The molecule has 1 N–H and O–H groups in total. The van der Waals surface area contributed by atoms with Crippen molar-refractivity contribution in [3.63, 3.8) is 0 Å². The smallest absolute Gasteiger partial charge is 0.221 e. The van der Waals surface area contributed by atoms with Crippen LogP contribution in [0.5, 0.6) is 0 Å². The molecule has 1 aromatic rings. The van der Waals surface area contributed by atoms with Crippen molar-refractivity contribution < 1.29 is 13.2 Å². The van der Waals surface area contributed by atoms with Crippen LogP contribution in [0, 0.1) is 0 Å². The molecule has 1 aliphatic heterocycles. The van der Waals surface area contributed by atoms with Crippen LogP contribution in [0.1, 0.15) is 43.7 Å². The number of sulfone groups is 1. The first-order chi connectivity index (χ1) is 13.5. The van der Waals surface area contributed by atoms with Crippen LogP contribution in [0.25, 0.3) is 0 Å². The van der Waals surface area contributed by atoms with Gasteiger partial charge in [0.25, 0.3) is 0 Å². The molecule has 1 atom stereocenters. The first kappa shape index (κ1) is 21.3. The second kappa shape index (κ2) is 9.85. The van der Waals surface area contributed by atoms with Crippen molar-refractivity contribution in [3.05, 3.63) is 35.9 Å². The number of rotatable bonds is 8. The van der Waals surface area contributed by atoms with Gasteiger partial charge in [-0.15, -0.1) is 0 Å². The molecule has 1 saturated heterocycles. The Kier molecular flexibility index (Phi) is 7.48. The number of hydrogen-bond donors (Lipinski definition) is 1. The third-order valence-corrected chi connectivity index (χ3v) is 8.28. The number of benzene rings is 1. The summed E-state index contributed by atoms with van der Waals surface area (Å²) in [6.07, 6.45) is 3.57. The molecule has 0 radical (unpaired) electrons. The first-order valence-corrected chi connectivity index (χ1v) is 12.1. The molecule has 0 spiro atoms. The van der Waals surface area contributed by atoms with Crippen molar-refractivity contribution in [2.45, 2.75) is 43.4 Å². The molecule has 1 heterocycles. The van der Waals surface area contributed by atoms with Gasteiger partial charge >= 0.3 is 0 Å². The van der Waals surface area contributed by atoms with Gasteiger partial charge < -0.3 is 10.2 Å². The van der Waals surface area contributed by atoms with Crippen molar-refractivity contribution in [2.24, 2.45) is 0 Å². The third kappa shape index (κ3) is 5.78. The highest BCUT2D eigenvalue weighted by Gasteiger charge is 2.29. The fourth-order valence-corrected chi connectivity index (χ4v) is 6.15. The van der Waals surface area contributed by atoms with E-state index in [4.69, 9.17) is 0 Å². The van der Waals surface area contributed by atoms with E-state index < -0.39 is 9.84 Å². The van der Waals surface area contributed by atoms with Crippen molar-refractivity contribution in [3.8, 4) is 0 Å². The van der Waals surface area contributed by atoms with Gasteiger partial charge in [0, 0.05) is 45.2 Å². The highest BCUT2D eigenvalue weighted by molar-refractivity contribution is 7.92. The van der Waals surface area contributed by atoms with Gasteiger partial charge in [0.1, 0.15) is 0 Å². The van der Waals surface area contributed by atoms with Gasteiger partial charge in [-0.05, 0) is 25.5 Å². The standard InChI is InChI=1S/C21H33N3O3S/c1-23-14-15-24(20(17-23)18-7-3-2-4-8-18)13-12-22-21(25)11-16-28(26,27)19-9-5-6-10-19/h2-4,7-8,19-20H,5-6,9-17H2,1H3,(H,22,25)/t20-/m0/s1. The number of amides is 1. The summed E-state index contributed by atoms with van der Waals surface area (Å²) in [5.74, 6) is -0.183. The number of likely N-dealkylation sites (N-methyl/N-ethyl adjacent to an activating group) is 1. The normalized spacial score (nSPS) is 22.4. The summed E-state index contributed by atoms with van der Waals surface area (Å²) in [6, 6.07) is 10.8. The highest BCUT2D eigenvalue weighted by atomic mass is 32.2. The molecule has 0 aromatic heterocycles. The quantitative estimate of drug-likeness (QED) is 0.712. The van der Waals surface area contributed by atoms with Crippen LogP contribution in [-0.2, 0) is 14.6 Å². The van der Waals surface area contributed by atoms with E-state index in [-0.39, 0.29) is 23.3 Å². The monoisotopic (exact) mass is 407 g/mol. The second-order valence-corrected chi connectivity index (χ2v) is 10.5. The van der Waals surface area contributed by atoms with Crippen LogP contribution in [0.2, 0.25) is 0 Å². The molecular weight excluding hydrogens is 374 g/mol. The molecule has 1 aliphatic carbocycles. The molecule has 7 heteroatoms. The summed E-state index contributed by atoms with van der Waals surface area (Å²) < 4.78 is 24.6. The van der Waals surface area contributed by atoms with E-state index in [1.165, 1.54) is 5.56 Å². The molecule has 1 saturated carbocycles. The number of nitrogens with zero attached hydrogens (tertiary/aromatic N) is 2. The van der Waals surface area contributed by atoms with Crippen molar-refractivity contribution >= 4 is 15.7 Å². The Morgan fingerprint density at radius 2 is 1.86 bits per heavy atom. The molecule has 28 heavy (non-hydrogen) atoms. The predicted molar refractivity (Wildman–Crippen MR) is 112 cm³/mol. The summed E-state index contributed by atoms with van der Waals surface area (Å²) in [7, 11) is -0.990. The summed E-state index contributed by atoms with van der Waals surface area (Å²) in [6.45, 7) is 4.26. The number of carbonyl (C=O) groups is 1. The largest absolute Gasteiger partial charge is 0.355 e. The lowest BCUT2D eigenvalue weighted by atomic mass is 10.0. The Hall–Kier alpha value is -1.44. The van der Waals surface area contributed by atoms with Crippen LogP contribution >= 0.6 is 0 Å². The van der Waals surface area contributed by atoms with Crippen molar-refractivity contribution in [1.82, 2.24) is 15.1 Å². The van der Waals surface area contributed by atoms with E-state index in [9.17, 15) is 13.2 Å². The lowest BCUT2D eigenvalue weighted by Crippen LogP contribution is -2.49. The summed E-state index contributed by atoms with van der Waals surface area (Å²) in [5, 5.41) is 2.69. The Morgan fingerprint density at radius 3 is 2.57 bits per heavy atom. The molecule has 2 aliphatic rings. The van der Waals surface area contributed by atoms with Crippen LogP contribution in [0.4, 0.5) is 0 Å². The van der Waals surface area contributed by atoms with Gasteiger partial charge in [0.15, 0.2) is 9.84 Å². The highest BCUT2D eigenvalue weighted by Crippen LogP contribution is 2.26. The minimum absolute atomic E-state index is 0.0232. The minimum atomic E-state index is -3.13. The third-order valence-electron chi connectivity index (χ3n) is 6.02. The summed E-state index contributed by atoms with van der Waals surface area (Å²) in [4.78, 5) is 16.9. The van der Waals surface area contributed by atoms with E-state index in [1.54, 1.807) is 0 Å². The molecule has 2 fully saturated rings. The number of carbonyl (C=O) groups excluding carboxylic acids is 1. The minimum Gasteiger partial charge on any atom is -0.355 e. The van der Waals surface area contributed by atoms with E-state index in [2.05, 4.69) is 46.4 Å². The molecular formula is C21H33N3O3S. The Bertz CT molecular complexity index is 733. The number of nitrogens with one attached hydrogen (secondary N) is 1. The maximum atomic E-state index is 12.3. The van der Waals surface area contributed by atoms with Crippen LogP contribution in [-0.4, -0.2) is 74.9 Å². The van der Waals surface area contributed by atoms with E-state index in [0.29, 0.717) is 12.6 Å². The van der Waals surface area contributed by atoms with Crippen molar-refractivity contribution in [2.75, 3.05) is 45.5 Å². The van der Waals surface area contributed by atoms with Gasteiger partial charge in [-0.3, -0.25) is 9.69 Å². The molecule has 0 bridgehead atoms. The lowest BCUT2D eigenvalue weighted by molar-refractivity contribution is -0.120. The Morgan fingerprint density at radius 1 is 1.14 bits per heavy atom. The summed E-state index contributed by atoms with van der Waals surface area (Å²) >= 11 is 0. The van der Waals surface area contributed by atoms with Gasteiger partial charge in [0.05, 0.1) is 11.0 Å². The SMILES string of the molecule is CN1CCN(CCNC(=O)CCS(=O)(=O)C2CCCC2)[C@H](c2ccccc2)C1. The second-order valence-electron chi connectivity index (χ2n) is 8.10. The first-order valence-electron chi connectivity index (χ1n) is 10.4. The van der Waals surface area contributed by atoms with Gasteiger partial charge in [-0.2, -0.15) is 0 Å². The van der Waals surface area contributed by atoms with Crippen LogP contribution < -0.4 is 5.32 Å². The molecule has 0 unspecified atom stereocenters. The zero-order valence-corrected chi connectivity index (χ0v) is 17.7. The summed E-state index contributed by atoms with van der Waals surface area (Å²) in [5.41, 5.74) is 1.29. The van der Waals surface area contributed by atoms with E-state index in [1.807, 2.05) is 6.07 Å². The molecule has 156 valence electrons.